The van der Waals surface area contributed by atoms with Gasteiger partial charge in [0.15, 0.2) is 0 Å². The van der Waals surface area contributed by atoms with E-state index in [1.54, 1.807) is 0 Å². The molecule has 7 heteroatoms. The van der Waals surface area contributed by atoms with Crippen LogP contribution in [0.25, 0.3) is 11.0 Å². The molecule has 1 atom stereocenters. The van der Waals surface area contributed by atoms with E-state index in [0.29, 0.717) is 18.1 Å². The quantitative estimate of drug-likeness (QED) is 0.384. The lowest BCUT2D eigenvalue weighted by molar-refractivity contribution is -0.139. The first-order chi connectivity index (χ1) is 14.7. The number of aryl methyl sites for hydroxylation is 1. The van der Waals surface area contributed by atoms with Gasteiger partial charge < -0.3 is 13.9 Å². The maximum atomic E-state index is 12.1. The lowest BCUT2D eigenvalue weighted by atomic mass is 10.1. The van der Waals surface area contributed by atoms with Crippen LogP contribution < -0.4 is 4.74 Å². The fraction of sp³-hybridized carbons (Fsp3) is 0.333. The number of methoxy groups -OCH3 is 1. The van der Waals surface area contributed by atoms with Crippen molar-refractivity contribution in [1.29, 1.82) is 0 Å². The fourth-order valence-corrected chi connectivity index (χ4v) is 3.53. The Morgan fingerprint density at radius 1 is 1.19 bits per heavy atom. The number of benzene rings is 2. The van der Waals surface area contributed by atoms with E-state index in [1.165, 1.54) is 13.3 Å². The molecule has 1 aromatic heterocycles. The maximum absolute atomic E-state index is 12.1. The lowest BCUT2D eigenvalue weighted by Gasteiger charge is -2.12. The summed E-state index contributed by atoms with van der Waals surface area (Å²) in [6.07, 6.45) is 1.67. The van der Waals surface area contributed by atoms with Crippen LogP contribution in [0.15, 0.2) is 51.3 Å². The SMILES string of the molecule is COC(=O)Cc1ccccc1OCc1cc(C)c2oc(/C=N\S(=O)C(C)(C)C)cc2c1. The first-order valence-electron chi connectivity index (χ1n) is 9.94. The zero-order chi connectivity index (χ0) is 22.6. The Morgan fingerprint density at radius 3 is 2.65 bits per heavy atom. The molecule has 0 saturated carbocycles. The highest BCUT2D eigenvalue weighted by Gasteiger charge is 2.18. The molecule has 0 fully saturated rings. The molecule has 0 N–H and O–H groups in total. The van der Waals surface area contributed by atoms with Crippen LogP contribution in [-0.2, 0) is 33.5 Å². The molecule has 6 nitrogen and oxygen atoms in total. The average molecular weight is 442 g/mol. The van der Waals surface area contributed by atoms with Gasteiger partial charge in [-0.1, -0.05) is 18.2 Å². The summed E-state index contributed by atoms with van der Waals surface area (Å²) >= 11 is 0. The van der Waals surface area contributed by atoms with Gasteiger partial charge in [0.1, 0.15) is 34.7 Å². The van der Waals surface area contributed by atoms with Crippen LogP contribution in [0, 0.1) is 6.92 Å². The number of carbonyl (C=O) groups is 1. The number of furan rings is 1. The maximum Gasteiger partial charge on any atom is 0.310 e. The summed E-state index contributed by atoms with van der Waals surface area (Å²) in [5, 5.41) is 0.921. The zero-order valence-electron chi connectivity index (χ0n) is 18.4. The van der Waals surface area contributed by atoms with Gasteiger partial charge >= 0.3 is 5.97 Å². The van der Waals surface area contributed by atoms with Crippen LogP contribution in [0.1, 0.15) is 43.2 Å². The van der Waals surface area contributed by atoms with Crippen LogP contribution in [0.4, 0.5) is 0 Å². The molecule has 31 heavy (non-hydrogen) atoms. The first-order valence-corrected chi connectivity index (χ1v) is 11.0. The van der Waals surface area contributed by atoms with Crippen molar-refractivity contribution in [3.63, 3.8) is 0 Å². The van der Waals surface area contributed by atoms with Crippen molar-refractivity contribution in [2.24, 2.45) is 4.40 Å². The number of carbonyl (C=O) groups excluding carboxylic acids is 1. The third kappa shape index (κ3) is 5.82. The summed E-state index contributed by atoms with van der Waals surface area (Å²) in [6.45, 7) is 7.93. The summed E-state index contributed by atoms with van der Waals surface area (Å²) in [4.78, 5) is 11.6. The van der Waals surface area contributed by atoms with Gasteiger partial charge in [-0.25, -0.2) is 4.21 Å². The number of rotatable bonds is 7. The van der Waals surface area contributed by atoms with E-state index < -0.39 is 15.7 Å². The minimum atomic E-state index is -1.34. The van der Waals surface area contributed by atoms with Crippen LogP contribution in [0.2, 0.25) is 0 Å². The van der Waals surface area contributed by atoms with E-state index in [4.69, 9.17) is 13.9 Å². The highest BCUT2D eigenvalue weighted by atomic mass is 32.2. The highest BCUT2D eigenvalue weighted by molar-refractivity contribution is 7.85. The first kappa shape index (κ1) is 22.7. The van der Waals surface area contributed by atoms with Gasteiger partial charge in [-0.15, -0.1) is 0 Å². The smallest absolute Gasteiger partial charge is 0.310 e. The third-order valence-corrected chi connectivity index (χ3v) is 5.95. The molecule has 0 aliphatic carbocycles. The minimum absolute atomic E-state index is 0.158. The van der Waals surface area contributed by atoms with Gasteiger partial charge in [-0.2, -0.15) is 4.40 Å². The van der Waals surface area contributed by atoms with Gasteiger partial charge in [0.05, 0.1) is 24.5 Å². The number of nitrogens with zero attached hydrogens (tertiary/aromatic N) is 1. The van der Waals surface area contributed by atoms with Crippen LogP contribution in [0.5, 0.6) is 5.75 Å². The van der Waals surface area contributed by atoms with Gasteiger partial charge in [0.25, 0.3) is 0 Å². The number of esters is 1. The summed E-state index contributed by atoms with van der Waals surface area (Å²) in [7, 11) is 0.0250. The second-order valence-corrected chi connectivity index (χ2v) is 10.2. The van der Waals surface area contributed by atoms with Gasteiger partial charge in [0, 0.05) is 10.9 Å². The molecular weight excluding hydrogens is 414 g/mol. The van der Waals surface area contributed by atoms with Gasteiger partial charge in [-0.3, -0.25) is 4.79 Å². The van der Waals surface area contributed by atoms with Crippen LogP contribution >= 0.6 is 0 Å². The van der Waals surface area contributed by atoms with Crippen molar-refractivity contribution in [1.82, 2.24) is 0 Å². The minimum Gasteiger partial charge on any atom is -0.489 e. The Morgan fingerprint density at radius 2 is 1.94 bits per heavy atom. The Balaban J connectivity index is 1.78. The van der Waals surface area contributed by atoms with Crippen LogP contribution in [0.3, 0.4) is 0 Å². The third-order valence-electron chi connectivity index (χ3n) is 4.61. The lowest BCUT2D eigenvalue weighted by Crippen LogP contribution is -2.19. The van der Waals surface area contributed by atoms with E-state index in [2.05, 4.69) is 4.40 Å². The summed E-state index contributed by atoms with van der Waals surface area (Å²) in [5.41, 5.74) is 3.48. The molecule has 0 bridgehead atoms. The largest absolute Gasteiger partial charge is 0.489 e. The second kappa shape index (κ2) is 9.47. The average Bonchev–Trinajstić information content (AvgIpc) is 3.14. The molecule has 3 aromatic rings. The Labute approximate surface area is 184 Å². The standard InChI is InChI=1S/C24H27NO5S/c1-16-10-17(15-29-21-9-7-6-8-18(21)13-22(26)28-5)11-19-12-20(30-23(16)19)14-25-31(27)24(2,3)4/h6-12,14H,13,15H2,1-5H3/b25-14-. The predicted octanol–water partition coefficient (Wildman–Crippen LogP) is 4.92. The molecule has 1 heterocycles. The van der Waals surface area contributed by atoms with Gasteiger partial charge in [-0.05, 0) is 63.1 Å². The molecular formula is C24H27NO5S. The number of hydrogen-bond donors (Lipinski definition) is 0. The van der Waals surface area contributed by atoms with E-state index >= 15 is 0 Å². The number of hydrogen-bond acceptors (Lipinski definition) is 5. The van der Waals surface area contributed by atoms with Crippen molar-refractivity contribution in [2.45, 2.75) is 45.5 Å². The van der Waals surface area contributed by atoms with E-state index in [9.17, 15) is 9.00 Å². The Bertz CT molecular complexity index is 1140. The number of ether oxygens (including phenoxy) is 2. The summed E-state index contributed by atoms with van der Waals surface area (Å²) < 4.78 is 32.5. The fourth-order valence-electron chi connectivity index (χ4n) is 3.01. The molecule has 1 unspecified atom stereocenters. The molecule has 0 aliphatic rings. The second-order valence-electron chi connectivity index (χ2n) is 8.23. The molecule has 0 saturated heterocycles. The Kier molecular flexibility index (Phi) is 6.95. The molecule has 0 aliphatic heterocycles. The number of fused-ring (bicyclic) bond motifs is 1. The molecule has 0 amide bonds. The zero-order valence-corrected chi connectivity index (χ0v) is 19.2. The summed E-state index contributed by atoms with van der Waals surface area (Å²) in [5.74, 6) is 0.890. The monoisotopic (exact) mass is 441 g/mol. The van der Waals surface area contributed by atoms with Crippen molar-refractivity contribution in [3.8, 4) is 5.75 Å². The Hall–Kier alpha value is -2.93. The highest BCUT2D eigenvalue weighted by Crippen LogP contribution is 2.26. The van der Waals surface area contributed by atoms with Gasteiger partial charge in [0.2, 0.25) is 0 Å². The van der Waals surface area contributed by atoms with E-state index in [1.807, 2.05) is 70.2 Å². The topological polar surface area (TPSA) is 78.1 Å². The van der Waals surface area contributed by atoms with Crippen molar-refractivity contribution >= 4 is 34.1 Å². The van der Waals surface area contributed by atoms with Crippen LogP contribution in [-0.4, -0.2) is 28.2 Å². The molecule has 0 radical (unpaired) electrons. The molecule has 2 aromatic carbocycles. The van der Waals surface area contributed by atoms with E-state index in [0.717, 1.165) is 27.7 Å². The molecule has 3 rings (SSSR count). The molecule has 164 valence electrons. The predicted molar refractivity (Wildman–Crippen MR) is 123 cm³/mol. The van der Waals surface area contributed by atoms with Crippen molar-refractivity contribution in [2.75, 3.05) is 7.11 Å². The molecule has 0 spiro atoms. The van der Waals surface area contributed by atoms with Crippen molar-refractivity contribution in [3.05, 3.63) is 64.9 Å². The normalized spacial score (nSPS) is 12.9. The van der Waals surface area contributed by atoms with Crippen molar-refractivity contribution < 1.29 is 22.9 Å². The number of para-hydroxylation sites is 1. The summed E-state index contributed by atoms with van der Waals surface area (Å²) in [6, 6.07) is 13.3. The van der Waals surface area contributed by atoms with E-state index in [-0.39, 0.29) is 12.4 Å².